The predicted molar refractivity (Wildman–Crippen MR) is 125 cm³/mol. The number of aromatic nitrogens is 3. The van der Waals surface area contributed by atoms with Crippen LogP contribution in [-0.2, 0) is 4.74 Å². The monoisotopic (exact) mass is 462 g/mol. The predicted octanol–water partition coefficient (Wildman–Crippen LogP) is 3.92. The van der Waals surface area contributed by atoms with Crippen LogP contribution in [0.1, 0.15) is 10.4 Å². The minimum Gasteiger partial charge on any atom is -0.493 e. The van der Waals surface area contributed by atoms with Crippen LogP contribution in [0.2, 0.25) is 0 Å². The molecule has 1 amide bonds. The van der Waals surface area contributed by atoms with E-state index >= 15 is 0 Å². The van der Waals surface area contributed by atoms with Crippen LogP contribution >= 0.6 is 0 Å². The third kappa shape index (κ3) is 3.94. The summed E-state index contributed by atoms with van der Waals surface area (Å²) in [6.07, 6.45) is 0. The molecular weight excluding hydrogens is 439 g/mol. The van der Waals surface area contributed by atoms with Gasteiger partial charge in [-0.2, -0.15) is 5.10 Å². The van der Waals surface area contributed by atoms with Crippen molar-refractivity contribution >= 4 is 16.9 Å². The van der Waals surface area contributed by atoms with Crippen molar-refractivity contribution in [3.63, 3.8) is 0 Å². The maximum atomic E-state index is 13.7. The molecule has 4 aromatic rings. The number of benzene rings is 2. The summed E-state index contributed by atoms with van der Waals surface area (Å²) in [5.41, 5.74) is 3.50. The van der Waals surface area contributed by atoms with Gasteiger partial charge in [0.2, 0.25) is 0 Å². The van der Waals surface area contributed by atoms with E-state index in [9.17, 15) is 9.18 Å². The Labute approximate surface area is 195 Å². The van der Waals surface area contributed by atoms with Crippen molar-refractivity contribution in [1.29, 1.82) is 0 Å². The number of pyridine rings is 1. The number of ether oxygens (including phenoxy) is 3. The Morgan fingerprint density at radius 3 is 2.41 bits per heavy atom. The summed E-state index contributed by atoms with van der Waals surface area (Å²) in [7, 11) is 3.13. The van der Waals surface area contributed by atoms with Gasteiger partial charge < -0.3 is 19.1 Å². The highest BCUT2D eigenvalue weighted by Gasteiger charge is 2.25. The summed E-state index contributed by atoms with van der Waals surface area (Å²) in [6, 6.07) is 13.3. The molecule has 0 saturated carbocycles. The molecule has 1 N–H and O–H groups in total. The first-order valence-electron chi connectivity index (χ1n) is 10.8. The van der Waals surface area contributed by atoms with E-state index in [-0.39, 0.29) is 11.7 Å². The number of halogens is 1. The number of hydrogen-bond acceptors (Lipinski definition) is 6. The largest absolute Gasteiger partial charge is 0.493 e. The lowest BCUT2D eigenvalue weighted by Gasteiger charge is -2.27. The van der Waals surface area contributed by atoms with Crippen LogP contribution in [0.25, 0.3) is 33.5 Å². The molecule has 2 aromatic carbocycles. The molecule has 8 nitrogen and oxygen atoms in total. The van der Waals surface area contributed by atoms with E-state index < -0.39 is 0 Å². The van der Waals surface area contributed by atoms with Gasteiger partial charge in [-0.05, 0) is 48.5 Å². The van der Waals surface area contributed by atoms with E-state index in [1.54, 1.807) is 43.4 Å². The average Bonchev–Trinajstić information content (AvgIpc) is 3.32. The lowest BCUT2D eigenvalue weighted by Crippen LogP contribution is -2.40. The molecule has 0 unspecified atom stereocenters. The molecule has 34 heavy (non-hydrogen) atoms. The lowest BCUT2D eigenvalue weighted by molar-refractivity contribution is 0.0304. The second-order valence-corrected chi connectivity index (χ2v) is 7.83. The number of rotatable bonds is 5. The van der Waals surface area contributed by atoms with Crippen molar-refractivity contribution < 1.29 is 23.4 Å². The van der Waals surface area contributed by atoms with Gasteiger partial charge in [-0.25, -0.2) is 9.37 Å². The highest BCUT2D eigenvalue weighted by molar-refractivity contribution is 6.11. The number of hydrogen-bond donors (Lipinski definition) is 1. The van der Waals surface area contributed by atoms with Crippen LogP contribution in [0.4, 0.5) is 4.39 Å². The SMILES string of the molecule is COc1ccc(-c2cc(C(=O)N3CCOCC3)c3c(-c4ccc(F)cc4)[nH]nc3n2)cc1OC. The molecule has 0 aliphatic carbocycles. The van der Waals surface area contributed by atoms with Gasteiger partial charge in [0.15, 0.2) is 17.1 Å². The lowest BCUT2D eigenvalue weighted by atomic mass is 10.0. The van der Waals surface area contributed by atoms with Gasteiger partial charge in [0.1, 0.15) is 5.82 Å². The Hall–Kier alpha value is -3.98. The molecule has 174 valence electrons. The van der Waals surface area contributed by atoms with Crippen molar-refractivity contribution in [3.05, 3.63) is 59.9 Å². The number of aromatic amines is 1. The number of methoxy groups -OCH3 is 2. The highest BCUT2D eigenvalue weighted by atomic mass is 19.1. The number of carbonyl (C=O) groups is 1. The quantitative estimate of drug-likeness (QED) is 0.484. The van der Waals surface area contributed by atoms with Gasteiger partial charge in [0.25, 0.3) is 5.91 Å². The zero-order chi connectivity index (χ0) is 23.7. The second-order valence-electron chi connectivity index (χ2n) is 7.83. The molecule has 9 heteroatoms. The third-order valence-corrected chi connectivity index (χ3v) is 5.86. The zero-order valence-corrected chi connectivity index (χ0v) is 18.8. The van der Waals surface area contributed by atoms with Gasteiger partial charge in [-0.15, -0.1) is 0 Å². The van der Waals surface area contributed by atoms with Crippen LogP contribution in [0.3, 0.4) is 0 Å². The third-order valence-electron chi connectivity index (χ3n) is 5.86. The summed E-state index contributed by atoms with van der Waals surface area (Å²) < 4.78 is 29.7. The maximum Gasteiger partial charge on any atom is 0.254 e. The molecule has 2 aromatic heterocycles. The number of H-pyrrole nitrogens is 1. The summed E-state index contributed by atoms with van der Waals surface area (Å²) in [6.45, 7) is 1.97. The summed E-state index contributed by atoms with van der Waals surface area (Å²) in [5.74, 6) is 0.667. The van der Waals surface area contributed by atoms with Gasteiger partial charge in [-0.3, -0.25) is 9.89 Å². The smallest absolute Gasteiger partial charge is 0.254 e. The van der Waals surface area contributed by atoms with E-state index in [1.165, 1.54) is 12.1 Å². The van der Waals surface area contributed by atoms with E-state index in [2.05, 4.69) is 10.2 Å². The van der Waals surface area contributed by atoms with Gasteiger partial charge >= 0.3 is 0 Å². The first kappa shape index (κ1) is 21.8. The van der Waals surface area contributed by atoms with Crippen molar-refractivity contribution in [3.8, 4) is 34.0 Å². The van der Waals surface area contributed by atoms with Crippen LogP contribution < -0.4 is 9.47 Å². The molecule has 3 heterocycles. The minimum absolute atomic E-state index is 0.137. The molecule has 0 atom stereocenters. The fourth-order valence-corrected chi connectivity index (χ4v) is 4.10. The minimum atomic E-state index is -0.342. The van der Waals surface area contributed by atoms with Crippen molar-refractivity contribution in [2.24, 2.45) is 0 Å². The molecule has 5 rings (SSSR count). The standard InChI is InChI=1S/C25H23FN4O4/c1-32-20-8-5-16(13-21(20)33-2)19-14-18(25(31)30-9-11-34-12-10-30)22-23(28-29-24(22)27-19)15-3-6-17(26)7-4-15/h3-8,13-14H,9-12H2,1-2H3,(H,27,28,29). The number of fused-ring (bicyclic) bond motifs is 1. The molecular formula is C25H23FN4O4. The number of carbonyl (C=O) groups excluding carboxylic acids is 1. The average molecular weight is 462 g/mol. The molecule has 1 fully saturated rings. The van der Waals surface area contributed by atoms with E-state index in [0.717, 1.165) is 5.56 Å². The normalized spacial score (nSPS) is 13.8. The Morgan fingerprint density at radius 2 is 1.71 bits per heavy atom. The Bertz CT molecular complexity index is 1350. The summed E-state index contributed by atoms with van der Waals surface area (Å²) in [4.78, 5) is 20.1. The van der Waals surface area contributed by atoms with Crippen LogP contribution in [0, 0.1) is 5.82 Å². The van der Waals surface area contributed by atoms with E-state index in [1.807, 2.05) is 12.1 Å². The second kappa shape index (κ2) is 9.11. The molecule has 0 radical (unpaired) electrons. The first-order valence-corrected chi connectivity index (χ1v) is 10.8. The fourth-order valence-electron chi connectivity index (χ4n) is 4.10. The van der Waals surface area contributed by atoms with E-state index in [4.69, 9.17) is 19.2 Å². The Balaban J connectivity index is 1.69. The van der Waals surface area contributed by atoms with Gasteiger partial charge in [-0.1, -0.05) is 0 Å². The van der Waals surface area contributed by atoms with E-state index in [0.29, 0.717) is 71.4 Å². The zero-order valence-electron chi connectivity index (χ0n) is 18.8. The number of nitrogens with one attached hydrogen (secondary N) is 1. The maximum absolute atomic E-state index is 13.7. The van der Waals surface area contributed by atoms with Crippen molar-refractivity contribution in [1.82, 2.24) is 20.1 Å². The van der Waals surface area contributed by atoms with Crippen molar-refractivity contribution in [2.45, 2.75) is 0 Å². The highest BCUT2D eigenvalue weighted by Crippen LogP contribution is 2.35. The molecule has 1 aliphatic rings. The number of amides is 1. The van der Waals surface area contributed by atoms with Crippen LogP contribution in [-0.4, -0.2) is 66.5 Å². The molecule has 0 bridgehead atoms. The van der Waals surface area contributed by atoms with Crippen LogP contribution in [0.5, 0.6) is 11.5 Å². The van der Waals surface area contributed by atoms with Crippen LogP contribution in [0.15, 0.2) is 48.5 Å². The summed E-state index contributed by atoms with van der Waals surface area (Å²) in [5, 5.41) is 7.97. The Kier molecular flexibility index (Phi) is 5.85. The topological polar surface area (TPSA) is 89.6 Å². The molecule has 0 spiro atoms. The van der Waals surface area contributed by atoms with Gasteiger partial charge in [0.05, 0.1) is 49.8 Å². The molecule has 1 aliphatic heterocycles. The number of nitrogens with zero attached hydrogens (tertiary/aromatic N) is 3. The van der Waals surface area contributed by atoms with Crippen molar-refractivity contribution in [2.75, 3.05) is 40.5 Å². The Morgan fingerprint density at radius 1 is 1.00 bits per heavy atom. The first-order chi connectivity index (χ1) is 16.6. The fraction of sp³-hybridized carbons (Fsp3) is 0.240. The molecule has 1 saturated heterocycles. The van der Waals surface area contributed by atoms with Gasteiger partial charge in [0, 0.05) is 24.2 Å². The number of morpholine rings is 1. The summed E-state index contributed by atoms with van der Waals surface area (Å²) >= 11 is 0.